The average Bonchev–Trinajstić information content (AvgIpc) is 3.51. The van der Waals surface area contributed by atoms with Gasteiger partial charge in [0.25, 0.3) is 11.5 Å². The smallest absolute Gasteiger partial charge is 0.273 e. The van der Waals surface area contributed by atoms with Crippen molar-refractivity contribution in [2.24, 2.45) is 0 Å². The Morgan fingerprint density at radius 3 is 2.78 bits per heavy atom. The van der Waals surface area contributed by atoms with Crippen molar-refractivity contribution in [3.63, 3.8) is 0 Å². The molecule has 1 saturated heterocycles. The van der Waals surface area contributed by atoms with Crippen molar-refractivity contribution in [1.82, 2.24) is 9.88 Å². The van der Waals surface area contributed by atoms with Crippen molar-refractivity contribution in [3.05, 3.63) is 71.5 Å². The largest absolute Gasteiger partial charge is 0.376 e. The lowest BCUT2D eigenvalue weighted by Gasteiger charge is -2.10. The molecule has 4 rings (SSSR count). The highest BCUT2D eigenvalue weighted by Crippen LogP contribution is 2.16. The number of nitrogens with one attached hydrogen (secondary N) is 1. The Kier molecular flexibility index (Phi) is 6.65. The van der Waals surface area contributed by atoms with Gasteiger partial charge in [-0.25, -0.2) is 4.39 Å². The number of aryl methyl sites for hydroxylation is 1. The van der Waals surface area contributed by atoms with E-state index < -0.39 is 11.7 Å². The quantitative estimate of drug-likeness (QED) is 0.621. The number of hydrogen-bond acceptors (Lipinski definition) is 6. The fourth-order valence-corrected chi connectivity index (χ4v) is 5.44. The second-order valence-electron chi connectivity index (χ2n) is 7.33. The Morgan fingerprint density at radius 1 is 1.38 bits per heavy atom. The van der Waals surface area contributed by atoms with Crippen LogP contribution >= 0.6 is 22.7 Å². The Morgan fingerprint density at radius 2 is 2.16 bits per heavy atom. The number of rotatable bonds is 5. The predicted molar refractivity (Wildman–Crippen MR) is 123 cm³/mol. The fraction of sp³-hybridized carbons (Fsp3) is 0.261. The van der Waals surface area contributed by atoms with Gasteiger partial charge < -0.3 is 10.1 Å². The van der Waals surface area contributed by atoms with Crippen LogP contribution in [0.3, 0.4) is 0 Å². The molecule has 9 heteroatoms. The summed E-state index contributed by atoms with van der Waals surface area (Å²) in [7, 11) is 0. The Hall–Kier alpha value is -3.06. The third kappa shape index (κ3) is 4.58. The van der Waals surface area contributed by atoms with E-state index in [1.165, 1.54) is 40.2 Å². The van der Waals surface area contributed by atoms with Crippen LogP contribution in [-0.4, -0.2) is 29.7 Å². The molecular weight excluding hydrogens is 449 g/mol. The van der Waals surface area contributed by atoms with Crippen molar-refractivity contribution in [3.8, 4) is 11.8 Å². The van der Waals surface area contributed by atoms with Crippen molar-refractivity contribution in [2.75, 3.05) is 13.2 Å². The van der Waals surface area contributed by atoms with Crippen LogP contribution in [0.25, 0.3) is 17.3 Å². The number of hydrogen-bond donors (Lipinski definition) is 1. The van der Waals surface area contributed by atoms with E-state index in [4.69, 9.17) is 4.74 Å². The number of nitriles is 1. The number of nitrogens with zero attached hydrogens (tertiary/aromatic N) is 2. The second kappa shape index (κ2) is 9.61. The van der Waals surface area contributed by atoms with Crippen molar-refractivity contribution in [2.45, 2.75) is 25.9 Å². The number of amides is 1. The van der Waals surface area contributed by atoms with Crippen LogP contribution in [0.5, 0.6) is 0 Å². The van der Waals surface area contributed by atoms with Gasteiger partial charge in [0.1, 0.15) is 16.5 Å². The highest BCUT2D eigenvalue weighted by Gasteiger charge is 2.20. The zero-order chi connectivity index (χ0) is 22.7. The number of halogens is 1. The highest BCUT2D eigenvalue weighted by molar-refractivity contribution is 7.11. The van der Waals surface area contributed by atoms with E-state index in [1.54, 1.807) is 6.08 Å². The molecule has 6 nitrogen and oxygen atoms in total. The molecule has 1 fully saturated rings. The number of thiophene rings is 1. The Balaban J connectivity index is 1.87. The maximum absolute atomic E-state index is 13.5. The second-order valence-corrected chi connectivity index (χ2v) is 9.31. The van der Waals surface area contributed by atoms with Crippen molar-refractivity contribution in [1.29, 1.82) is 5.26 Å². The third-order valence-electron chi connectivity index (χ3n) is 5.14. The molecule has 0 bridgehead atoms. The average molecular weight is 470 g/mol. The van der Waals surface area contributed by atoms with Gasteiger partial charge in [0, 0.05) is 18.0 Å². The minimum absolute atomic E-state index is 0.0766. The molecule has 1 N–H and O–H groups in total. The van der Waals surface area contributed by atoms with E-state index in [0.29, 0.717) is 23.4 Å². The molecule has 0 spiro atoms. The molecule has 0 saturated carbocycles. The molecule has 1 aliphatic heterocycles. The zero-order valence-corrected chi connectivity index (χ0v) is 18.9. The topological polar surface area (TPSA) is 84.1 Å². The Bertz CT molecular complexity index is 1360. The first kappa shape index (κ1) is 22.1. The summed E-state index contributed by atoms with van der Waals surface area (Å²) in [5, 5.41) is 14.5. The van der Waals surface area contributed by atoms with Gasteiger partial charge in [-0.3, -0.25) is 14.2 Å². The first-order valence-electron chi connectivity index (χ1n) is 10.1. The van der Waals surface area contributed by atoms with Gasteiger partial charge in [-0.2, -0.15) is 5.26 Å². The monoisotopic (exact) mass is 469 g/mol. The van der Waals surface area contributed by atoms with Gasteiger partial charge in [0.05, 0.1) is 16.3 Å². The van der Waals surface area contributed by atoms with Crippen LogP contribution in [0.15, 0.2) is 40.5 Å². The van der Waals surface area contributed by atoms with Crippen molar-refractivity contribution >= 4 is 40.2 Å². The van der Waals surface area contributed by atoms with E-state index in [0.717, 1.165) is 34.6 Å². The maximum atomic E-state index is 13.5. The van der Waals surface area contributed by atoms with Crippen LogP contribution in [-0.2, 0) is 9.53 Å². The van der Waals surface area contributed by atoms with E-state index in [1.807, 2.05) is 24.4 Å². The molecule has 0 aliphatic carbocycles. The summed E-state index contributed by atoms with van der Waals surface area (Å²) in [6.07, 6.45) is 3.47. The van der Waals surface area contributed by atoms with Crippen LogP contribution in [0, 0.1) is 24.1 Å². The van der Waals surface area contributed by atoms with Gasteiger partial charge in [-0.15, -0.1) is 22.7 Å². The SMILES string of the molecule is Cc1ccsc1/C=c1\s/c(=C(/C#N)C(=O)NC[C@@H]2CCCO2)n(-c2ccc(F)cc2)c1=O. The van der Waals surface area contributed by atoms with Gasteiger partial charge >= 0.3 is 0 Å². The van der Waals surface area contributed by atoms with Gasteiger partial charge in [-0.1, -0.05) is 0 Å². The lowest BCUT2D eigenvalue weighted by Crippen LogP contribution is -2.36. The number of carbonyl (C=O) groups excluding carboxylic acids is 1. The van der Waals surface area contributed by atoms with E-state index in [2.05, 4.69) is 5.32 Å². The summed E-state index contributed by atoms with van der Waals surface area (Å²) < 4.78 is 20.9. The summed E-state index contributed by atoms with van der Waals surface area (Å²) >= 11 is 2.56. The minimum Gasteiger partial charge on any atom is -0.376 e. The van der Waals surface area contributed by atoms with Crippen molar-refractivity contribution < 1.29 is 13.9 Å². The molecule has 32 heavy (non-hydrogen) atoms. The third-order valence-corrected chi connectivity index (χ3v) is 7.20. The van der Waals surface area contributed by atoms with E-state index >= 15 is 0 Å². The molecular formula is C23H20FN3O3S2. The number of carbonyl (C=O) groups is 1. The number of thiazole rings is 1. The van der Waals surface area contributed by atoms with Crippen LogP contribution < -0.4 is 20.1 Å². The molecule has 1 aliphatic rings. The molecule has 1 amide bonds. The summed E-state index contributed by atoms with van der Waals surface area (Å²) in [5.41, 5.74) is 0.863. The lowest BCUT2D eigenvalue weighted by atomic mass is 10.2. The number of aromatic nitrogens is 1. The van der Waals surface area contributed by atoms with Crippen LogP contribution in [0.2, 0.25) is 0 Å². The molecule has 3 heterocycles. The molecule has 0 radical (unpaired) electrons. The van der Waals surface area contributed by atoms with E-state index in [-0.39, 0.29) is 21.9 Å². The standard InChI is InChI=1S/C23H20FN3O3S2/c1-14-8-10-31-19(14)11-20-22(29)27(16-6-4-15(24)5-7-16)23(32-20)18(12-25)21(28)26-13-17-3-2-9-30-17/h4-8,10-11,17H,2-3,9,13H2,1H3,(H,26,28)/b20-11-,23-18-/t17-/m0/s1. The molecule has 0 unspecified atom stereocenters. The molecule has 3 aromatic rings. The zero-order valence-electron chi connectivity index (χ0n) is 17.3. The predicted octanol–water partition coefficient (Wildman–Crippen LogP) is 2.21. The fourth-order valence-electron chi connectivity index (χ4n) is 3.42. The normalized spacial score (nSPS) is 17.3. The molecule has 164 valence electrons. The molecule has 1 atom stereocenters. The van der Waals surface area contributed by atoms with Crippen LogP contribution in [0.4, 0.5) is 4.39 Å². The van der Waals surface area contributed by atoms with Crippen LogP contribution in [0.1, 0.15) is 23.3 Å². The first-order valence-corrected chi connectivity index (χ1v) is 11.8. The summed E-state index contributed by atoms with van der Waals surface area (Å²) in [4.78, 5) is 27.1. The van der Waals surface area contributed by atoms with Gasteiger partial charge in [0.2, 0.25) is 0 Å². The number of benzene rings is 1. The lowest BCUT2D eigenvalue weighted by molar-refractivity contribution is -0.116. The molecule has 2 aromatic heterocycles. The maximum Gasteiger partial charge on any atom is 0.273 e. The summed E-state index contributed by atoms with van der Waals surface area (Å²) in [5.74, 6) is -1.02. The number of ether oxygens (including phenoxy) is 1. The highest BCUT2D eigenvalue weighted by atomic mass is 32.1. The summed E-state index contributed by atoms with van der Waals surface area (Å²) in [6, 6.07) is 9.28. The first-order chi connectivity index (χ1) is 15.5. The van der Waals surface area contributed by atoms with E-state index in [9.17, 15) is 19.2 Å². The summed E-state index contributed by atoms with van der Waals surface area (Å²) in [6.45, 7) is 2.90. The molecule has 1 aromatic carbocycles. The minimum atomic E-state index is -0.570. The van der Waals surface area contributed by atoms with Gasteiger partial charge in [0.15, 0.2) is 5.57 Å². The van der Waals surface area contributed by atoms with Gasteiger partial charge in [-0.05, 0) is 67.1 Å². The Labute approximate surface area is 191 Å².